The van der Waals surface area contributed by atoms with Crippen molar-refractivity contribution in [2.45, 2.75) is 0 Å². The van der Waals surface area contributed by atoms with Gasteiger partial charge in [0.25, 0.3) is 0 Å². The fraction of sp³-hybridized carbons (Fsp3) is 0.800. The van der Waals surface area contributed by atoms with Crippen LogP contribution in [0.4, 0.5) is 0 Å². The Balaban J connectivity index is 2.39. The van der Waals surface area contributed by atoms with Crippen molar-refractivity contribution in [3.8, 4) is 0 Å². The minimum absolute atomic E-state index is 0.0799. The van der Waals surface area contributed by atoms with Gasteiger partial charge in [-0.1, -0.05) is 0 Å². The summed E-state index contributed by atoms with van der Waals surface area (Å²) in [5, 5.41) is 0. The first-order valence-electron chi connectivity index (χ1n) is 2.62. The molecular formula is C5H9NO2+. The second-order valence-electron chi connectivity index (χ2n) is 1.87. The van der Waals surface area contributed by atoms with Crippen molar-refractivity contribution in [2.75, 3.05) is 26.8 Å². The van der Waals surface area contributed by atoms with E-state index in [2.05, 4.69) is 0 Å². The van der Waals surface area contributed by atoms with Gasteiger partial charge in [-0.3, -0.25) is 0 Å². The SMILES string of the molecule is C[N+]1CCOCC1=O. The molecule has 0 spiro atoms. The van der Waals surface area contributed by atoms with E-state index < -0.39 is 0 Å². The molecule has 1 amide bonds. The number of hydrogen-bond donors (Lipinski definition) is 0. The highest BCUT2D eigenvalue weighted by atomic mass is 16.5. The molecule has 0 bridgehead atoms. The Hall–Kier alpha value is -0.410. The molecule has 0 aromatic rings. The van der Waals surface area contributed by atoms with Crippen LogP contribution >= 0.6 is 0 Å². The van der Waals surface area contributed by atoms with E-state index in [0.717, 1.165) is 6.54 Å². The van der Waals surface area contributed by atoms with Crippen molar-refractivity contribution in [1.82, 2.24) is 4.90 Å². The summed E-state index contributed by atoms with van der Waals surface area (Å²) in [6.45, 7) is 1.68. The van der Waals surface area contributed by atoms with Crippen LogP contribution in [0.1, 0.15) is 0 Å². The second kappa shape index (κ2) is 2.24. The maximum Gasteiger partial charge on any atom is 0.386 e. The molecule has 8 heavy (non-hydrogen) atoms. The van der Waals surface area contributed by atoms with Crippen molar-refractivity contribution in [1.29, 1.82) is 0 Å². The minimum atomic E-state index is 0.0799. The van der Waals surface area contributed by atoms with Gasteiger partial charge in [-0.2, -0.15) is 0 Å². The fourth-order valence-corrected chi connectivity index (χ4v) is 0.596. The molecule has 1 fully saturated rings. The maximum atomic E-state index is 10.6. The Morgan fingerprint density at radius 3 is 2.88 bits per heavy atom. The molecule has 0 aromatic heterocycles. The quantitative estimate of drug-likeness (QED) is 0.391. The summed E-state index contributed by atoms with van der Waals surface area (Å²) in [7, 11) is 1.78. The van der Waals surface area contributed by atoms with Gasteiger partial charge in [0.2, 0.25) is 0 Å². The monoisotopic (exact) mass is 115 g/mol. The van der Waals surface area contributed by atoms with Crippen LogP contribution in [0.3, 0.4) is 0 Å². The molecule has 0 aliphatic carbocycles. The number of hydrogen-bond acceptors (Lipinski definition) is 2. The number of carbonyl (C=O) groups is 1. The van der Waals surface area contributed by atoms with Crippen molar-refractivity contribution in [3.05, 3.63) is 0 Å². The van der Waals surface area contributed by atoms with Crippen LogP contribution in [-0.2, 0) is 9.53 Å². The molecule has 1 heterocycles. The lowest BCUT2D eigenvalue weighted by molar-refractivity contribution is -0.134. The lowest BCUT2D eigenvalue weighted by Gasteiger charge is -2.09. The highest BCUT2D eigenvalue weighted by Crippen LogP contribution is 1.89. The van der Waals surface area contributed by atoms with E-state index in [-0.39, 0.29) is 12.5 Å². The van der Waals surface area contributed by atoms with E-state index in [0.29, 0.717) is 6.61 Å². The van der Waals surface area contributed by atoms with Gasteiger partial charge < -0.3 is 4.74 Å². The zero-order chi connectivity index (χ0) is 5.98. The number of morpholine rings is 1. The Morgan fingerprint density at radius 1 is 1.75 bits per heavy atom. The largest absolute Gasteiger partial charge is 0.386 e. The third-order valence-corrected chi connectivity index (χ3v) is 1.22. The van der Waals surface area contributed by atoms with E-state index in [4.69, 9.17) is 4.74 Å². The molecule has 1 aliphatic rings. The molecule has 1 saturated heterocycles. The summed E-state index contributed by atoms with van der Waals surface area (Å²) in [5.74, 6) is 0.0799. The number of nitrogens with zero attached hydrogens (tertiary/aromatic N) is 1. The number of amides is 1. The highest BCUT2D eigenvalue weighted by Gasteiger charge is 2.24. The molecule has 1 radical (unpaired) electrons. The summed E-state index contributed by atoms with van der Waals surface area (Å²) in [4.78, 5) is 12.3. The van der Waals surface area contributed by atoms with E-state index >= 15 is 0 Å². The fourth-order valence-electron chi connectivity index (χ4n) is 0.596. The van der Waals surface area contributed by atoms with Crippen LogP contribution in [0, 0.1) is 0 Å². The van der Waals surface area contributed by atoms with Crippen LogP contribution in [-0.4, -0.2) is 32.7 Å². The van der Waals surface area contributed by atoms with Gasteiger partial charge >= 0.3 is 5.91 Å². The summed E-state index contributed by atoms with van der Waals surface area (Å²) < 4.78 is 4.86. The van der Waals surface area contributed by atoms with Crippen LogP contribution in [0.25, 0.3) is 0 Å². The van der Waals surface area contributed by atoms with Crippen molar-refractivity contribution < 1.29 is 9.53 Å². The average Bonchev–Trinajstić information content (AvgIpc) is 1.77. The number of carbonyl (C=O) groups excluding carboxylic acids is 1. The molecule has 0 unspecified atom stereocenters. The van der Waals surface area contributed by atoms with Crippen LogP contribution in [0.2, 0.25) is 0 Å². The van der Waals surface area contributed by atoms with Crippen molar-refractivity contribution >= 4 is 5.91 Å². The zero-order valence-electron chi connectivity index (χ0n) is 4.89. The van der Waals surface area contributed by atoms with Gasteiger partial charge in [0, 0.05) is 0 Å². The van der Waals surface area contributed by atoms with Gasteiger partial charge in [-0.15, -0.1) is 4.90 Å². The molecule has 1 aliphatic heterocycles. The number of rotatable bonds is 0. The van der Waals surface area contributed by atoms with Crippen molar-refractivity contribution in [3.63, 3.8) is 0 Å². The Bertz CT molecular complexity index is 103. The first kappa shape index (κ1) is 5.72. The van der Waals surface area contributed by atoms with Gasteiger partial charge in [0.15, 0.2) is 13.2 Å². The number of ether oxygens (including phenoxy) is 1. The van der Waals surface area contributed by atoms with Gasteiger partial charge in [0.05, 0.1) is 0 Å². The lowest BCUT2D eigenvalue weighted by atomic mass is 10.4. The standard InChI is InChI=1S/C5H9NO2/c1-6-2-3-8-4-5(6)7/h2-4H2,1H3/q+1. The van der Waals surface area contributed by atoms with Gasteiger partial charge in [-0.05, 0) is 0 Å². The normalized spacial score (nSPS) is 23.9. The Morgan fingerprint density at radius 2 is 2.50 bits per heavy atom. The average molecular weight is 115 g/mol. The van der Waals surface area contributed by atoms with Gasteiger partial charge in [-0.25, -0.2) is 4.79 Å². The van der Waals surface area contributed by atoms with Crippen LogP contribution in [0.5, 0.6) is 0 Å². The summed E-state index contributed by atoms with van der Waals surface area (Å²) >= 11 is 0. The maximum absolute atomic E-state index is 10.6. The second-order valence-corrected chi connectivity index (χ2v) is 1.87. The van der Waals surface area contributed by atoms with E-state index in [1.165, 1.54) is 0 Å². The van der Waals surface area contributed by atoms with E-state index in [1.807, 2.05) is 0 Å². The van der Waals surface area contributed by atoms with E-state index in [9.17, 15) is 4.79 Å². The third-order valence-electron chi connectivity index (χ3n) is 1.22. The first-order valence-corrected chi connectivity index (χ1v) is 2.62. The Labute approximate surface area is 48.2 Å². The molecule has 3 heteroatoms. The molecular weight excluding hydrogens is 106 g/mol. The smallest absolute Gasteiger partial charge is 0.361 e. The summed E-state index contributed by atoms with van der Waals surface area (Å²) in [6.07, 6.45) is 0. The topological polar surface area (TPSA) is 32.2 Å². The number of likely N-dealkylation sites (N-methyl/N-ethyl adjacent to an activating group) is 1. The molecule has 0 atom stereocenters. The van der Waals surface area contributed by atoms with Crippen LogP contribution < -0.4 is 4.90 Å². The lowest BCUT2D eigenvalue weighted by Crippen LogP contribution is -2.43. The minimum Gasteiger partial charge on any atom is -0.361 e. The first-order chi connectivity index (χ1) is 3.80. The predicted molar refractivity (Wildman–Crippen MR) is 28.8 cm³/mol. The van der Waals surface area contributed by atoms with Crippen LogP contribution in [0.15, 0.2) is 0 Å². The molecule has 45 valence electrons. The molecule has 0 aromatic carbocycles. The highest BCUT2D eigenvalue weighted by molar-refractivity contribution is 5.80. The zero-order valence-corrected chi connectivity index (χ0v) is 4.89. The molecule has 0 N–H and O–H groups in total. The van der Waals surface area contributed by atoms with E-state index in [1.54, 1.807) is 11.9 Å². The van der Waals surface area contributed by atoms with Gasteiger partial charge in [0.1, 0.15) is 13.7 Å². The predicted octanol–water partition coefficient (Wildman–Crippen LogP) is -0.687. The Kier molecular flexibility index (Phi) is 1.60. The third kappa shape index (κ3) is 1.05. The molecule has 3 nitrogen and oxygen atoms in total. The summed E-state index contributed by atoms with van der Waals surface area (Å²) in [6, 6.07) is 0. The van der Waals surface area contributed by atoms with Crippen molar-refractivity contribution in [2.24, 2.45) is 0 Å². The molecule has 1 rings (SSSR count). The molecule has 0 saturated carbocycles. The summed E-state index contributed by atoms with van der Waals surface area (Å²) in [5.41, 5.74) is 0.